The number of carboxylic acids is 1. The highest BCUT2D eigenvalue weighted by molar-refractivity contribution is 6.31. The van der Waals surface area contributed by atoms with Gasteiger partial charge in [-0.05, 0) is 19.9 Å². The summed E-state index contributed by atoms with van der Waals surface area (Å²) in [6.07, 6.45) is -0.202. The molecule has 0 saturated carbocycles. The van der Waals surface area contributed by atoms with E-state index in [1.54, 1.807) is 13.8 Å². The standard InChI is InChI=1S/C13H15ClN2O5/c1-8(2)15(4-3-12(17)18)13(19)9-5-10(14)7-11(6-9)16(20)21/h5-8H,3-4H2,1-2H3,(H,17,18). The first-order chi connectivity index (χ1) is 9.72. The van der Waals surface area contributed by atoms with Crippen LogP contribution in [0.3, 0.4) is 0 Å². The van der Waals surface area contributed by atoms with E-state index in [-0.39, 0.29) is 35.3 Å². The van der Waals surface area contributed by atoms with Gasteiger partial charge >= 0.3 is 5.97 Å². The van der Waals surface area contributed by atoms with Crippen LogP contribution in [0.5, 0.6) is 0 Å². The first-order valence-electron chi connectivity index (χ1n) is 6.20. The maximum absolute atomic E-state index is 12.4. The number of non-ortho nitro benzene ring substituents is 1. The fourth-order valence-corrected chi connectivity index (χ4v) is 2.01. The van der Waals surface area contributed by atoms with Crippen molar-refractivity contribution >= 4 is 29.2 Å². The average Bonchev–Trinajstić information content (AvgIpc) is 2.37. The van der Waals surface area contributed by atoms with Crippen LogP contribution < -0.4 is 0 Å². The molecule has 0 atom stereocenters. The number of hydrogen-bond donors (Lipinski definition) is 1. The van der Waals surface area contributed by atoms with Crippen LogP contribution in [0, 0.1) is 10.1 Å². The lowest BCUT2D eigenvalue weighted by Crippen LogP contribution is -2.38. The van der Waals surface area contributed by atoms with Crippen molar-refractivity contribution in [1.82, 2.24) is 4.90 Å². The summed E-state index contributed by atoms with van der Waals surface area (Å²) in [7, 11) is 0. The summed E-state index contributed by atoms with van der Waals surface area (Å²) in [6, 6.07) is 3.36. The second-order valence-corrected chi connectivity index (χ2v) is 5.13. The zero-order valence-electron chi connectivity index (χ0n) is 11.6. The molecule has 0 aliphatic heterocycles. The highest BCUT2D eigenvalue weighted by Gasteiger charge is 2.22. The van der Waals surface area contributed by atoms with E-state index in [0.29, 0.717) is 0 Å². The molecule has 7 nitrogen and oxygen atoms in total. The Labute approximate surface area is 126 Å². The molecule has 0 aliphatic carbocycles. The topological polar surface area (TPSA) is 101 Å². The number of nitro benzene ring substituents is 1. The number of carboxylic acid groups (broad SMARTS) is 1. The Morgan fingerprint density at radius 2 is 2.00 bits per heavy atom. The molecule has 0 spiro atoms. The monoisotopic (exact) mass is 314 g/mol. The summed E-state index contributed by atoms with van der Waals surface area (Å²) in [4.78, 5) is 34.5. The smallest absolute Gasteiger partial charge is 0.305 e. The molecular formula is C13H15ClN2O5. The highest BCUT2D eigenvalue weighted by Crippen LogP contribution is 2.22. The van der Waals surface area contributed by atoms with Gasteiger partial charge in [0, 0.05) is 35.3 Å². The van der Waals surface area contributed by atoms with Gasteiger partial charge in [-0.25, -0.2) is 0 Å². The Bertz CT molecular complexity index is 574. The Hall–Kier alpha value is -2.15. The first kappa shape index (κ1) is 16.9. The highest BCUT2D eigenvalue weighted by atomic mass is 35.5. The van der Waals surface area contributed by atoms with Crippen molar-refractivity contribution in [3.63, 3.8) is 0 Å². The quantitative estimate of drug-likeness (QED) is 0.642. The van der Waals surface area contributed by atoms with Crippen molar-refractivity contribution in [3.05, 3.63) is 38.9 Å². The molecule has 21 heavy (non-hydrogen) atoms. The molecule has 0 aromatic heterocycles. The molecule has 1 N–H and O–H groups in total. The van der Waals surface area contributed by atoms with E-state index >= 15 is 0 Å². The van der Waals surface area contributed by atoms with Crippen molar-refractivity contribution in [2.24, 2.45) is 0 Å². The molecule has 1 rings (SSSR count). The number of aliphatic carboxylic acids is 1. The third-order valence-corrected chi connectivity index (χ3v) is 3.01. The summed E-state index contributed by atoms with van der Waals surface area (Å²) >= 11 is 5.78. The van der Waals surface area contributed by atoms with E-state index in [0.717, 1.165) is 12.1 Å². The van der Waals surface area contributed by atoms with E-state index in [4.69, 9.17) is 16.7 Å². The van der Waals surface area contributed by atoms with E-state index in [9.17, 15) is 19.7 Å². The predicted molar refractivity (Wildman–Crippen MR) is 76.5 cm³/mol. The summed E-state index contributed by atoms with van der Waals surface area (Å²) in [5.41, 5.74) is -0.221. The van der Waals surface area contributed by atoms with Crippen molar-refractivity contribution < 1.29 is 19.6 Å². The molecule has 0 aliphatic rings. The zero-order valence-corrected chi connectivity index (χ0v) is 12.3. The number of carbonyl (C=O) groups excluding carboxylic acids is 1. The second-order valence-electron chi connectivity index (χ2n) is 4.69. The van der Waals surface area contributed by atoms with Gasteiger partial charge in [0.1, 0.15) is 0 Å². The van der Waals surface area contributed by atoms with E-state index in [1.165, 1.54) is 11.0 Å². The third kappa shape index (κ3) is 4.71. The van der Waals surface area contributed by atoms with Crippen LogP contribution in [0.4, 0.5) is 5.69 Å². The largest absolute Gasteiger partial charge is 0.481 e. The Morgan fingerprint density at radius 1 is 1.38 bits per heavy atom. The third-order valence-electron chi connectivity index (χ3n) is 2.79. The molecule has 0 heterocycles. The second kappa shape index (κ2) is 7.03. The van der Waals surface area contributed by atoms with Crippen LogP contribution in [0.1, 0.15) is 30.6 Å². The van der Waals surface area contributed by atoms with Gasteiger partial charge in [0.2, 0.25) is 0 Å². The number of hydrogen-bond acceptors (Lipinski definition) is 4. The van der Waals surface area contributed by atoms with Crippen LogP contribution in [0.25, 0.3) is 0 Å². The number of rotatable bonds is 6. The van der Waals surface area contributed by atoms with Gasteiger partial charge in [-0.3, -0.25) is 19.7 Å². The van der Waals surface area contributed by atoms with Crippen molar-refractivity contribution in [2.45, 2.75) is 26.3 Å². The average molecular weight is 315 g/mol. The predicted octanol–water partition coefficient (Wildman–Crippen LogP) is 2.57. The maximum atomic E-state index is 12.4. The fraction of sp³-hybridized carbons (Fsp3) is 0.385. The fourth-order valence-electron chi connectivity index (χ4n) is 1.78. The summed E-state index contributed by atoms with van der Waals surface area (Å²) in [5, 5.41) is 19.6. The molecule has 8 heteroatoms. The molecule has 1 amide bonds. The molecule has 0 fully saturated rings. The molecule has 114 valence electrons. The number of nitro groups is 1. The summed E-state index contributed by atoms with van der Waals surface area (Å²) in [5.74, 6) is -1.51. The van der Waals surface area contributed by atoms with Crippen LogP contribution in [0.15, 0.2) is 18.2 Å². The van der Waals surface area contributed by atoms with Gasteiger partial charge in [-0.1, -0.05) is 11.6 Å². The molecular weight excluding hydrogens is 300 g/mol. The summed E-state index contributed by atoms with van der Waals surface area (Å²) in [6.45, 7) is 3.49. The number of halogens is 1. The van der Waals surface area contributed by atoms with Crippen LogP contribution in [-0.2, 0) is 4.79 Å². The van der Waals surface area contributed by atoms with Crippen molar-refractivity contribution in [2.75, 3.05) is 6.54 Å². The SMILES string of the molecule is CC(C)N(CCC(=O)O)C(=O)c1cc(Cl)cc([N+](=O)[O-])c1. The molecule has 1 aromatic rings. The minimum atomic E-state index is -1.02. The molecule has 0 unspecified atom stereocenters. The molecule has 0 bridgehead atoms. The Kier molecular flexibility index (Phi) is 5.66. The van der Waals surface area contributed by atoms with Crippen LogP contribution >= 0.6 is 11.6 Å². The maximum Gasteiger partial charge on any atom is 0.305 e. The van der Waals surface area contributed by atoms with Crippen LogP contribution in [0.2, 0.25) is 5.02 Å². The van der Waals surface area contributed by atoms with Crippen molar-refractivity contribution in [1.29, 1.82) is 0 Å². The van der Waals surface area contributed by atoms with Gasteiger partial charge in [-0.2, -0.15) is 0 Å². The Morgan fingerprint density at radius 3 is 2.48 bits per heavy atom. The van der Waals surface area contributed by atoms with Gasteiger partial charge in [0.15, 0.2) is 0 Å². The van der Waals surface area contributed by atoms with Gasteiger partial charge < -0.3 is 10.0 Å². The lowest BCUT2D eigenvalue weighted by atomic mass is 10.1. The number of nitrogens with zero attached hydrogens (tertiary/aromatic N) is 2. The lowest BCUT2D eigenvalue weighted by molar-refractivity contribution is -0.384. The van der Waals surface area contributed by atoms with E-state index < -0.39 is 16.8 Å². The first-order valence-corrected chi connectivity index (χ1v) is 6.58. The minimum Gasteiger partial charge on any atom is -0.481 e. The molecule has 0 saturated heterocycles. The van der Waals surface area contributed by atoms with Crippen molar-refractivity contribution in [3.8, 4) is 0 Å². The van der Waals surface area contributed by atoms with Gasteiger partial charge in [-0.15, -0.1) is 0 Å². The number of amides is 1. The van der Waals surface area contributed by atoms with E-state index in [1.807, 2.05) is 0 Å². The minimum absolute atomic E-state index is 0.0200. The zero-order chi connectivity index (χ0) is 16.2. The van der Waals surface area contributed by atoms with Gasteiger partial charge in [0.05, 0.1) is 11.3 Å². The number of carbonyl (C=O) groups is 2. The molecule has 0 radical (unpaired) electrons. The number of benzene rings is 1. The van der Waals surface area contributed by atoms with E-state index in [2.05, 4.69) is 0 Å². The Balaban J connectivity index is 3.08. The van der Waals surface area contributed by atoms with Gasteiger partial charge in [0.25, 0.3) is 11.6 Å². The molecule has 1 aromatic carbocycles. The summed E-state index contributed by atoms with van der Waals surface area (Å²) < 4.78 is 0. The van der Waals surface area contributed by atoms with Crippen LogP contribution in [-0.4, -0.2) is 39.4 Å². The normalized spacial score (nSPS) is 10.5. The lowest BCUT2D eigenvalue weighted by Gasteiger charge is -2.26.